The Kier molecular flexibility index (Phi) is 3.81. The van der Waals surface area contributed by atoms with Crippen LogP contribution < -0.4 is 0 Å². The second-order valence-corrected chi connectivity index (χ2v) is 6.84. The van der Waals surface area contributed by atoms with Gasteiger partial charge in [0.15, 0.2) is 5.69 Å². The second kappa shape index (κ2) is 5.86. The summed E-state index contributed by atoms with van der Waals surface area (Å²) in [6, 6.07) is 7.67. The van der Waals surface area contributed by atoms with E-state index in [0.717, 1.165) is 23.7 Å². The predicted molar refractivity (Wildman–Crippen MR) is 89.7 cm³/mol. The number of carbonyl (C=O) groups excluding carboxylic acids is 1. The molecule has 1 amide bonds. The molecular weight excluding hydrogens is 306 g/mol. The minimum absolute atomic E-state index is 0.0379. The zero-order valence-electron chi connectivity index (χ0n) is 13.9. The molecule has 128 valence electrons. The van der Waals surface area contributed by atoms with Crippen molar-refractivity contribution in [2.75, 3.05) is 19.7 Å². The highest BCUT2D eigenvalue weighted by Gasteiger charge is 2.56. The van der Waals surface area contributed by atoms with Crippen LogP contribution in [0.4, 0.5) is 0 Å². The highest BCUT2D eigenvalue weighted by molar-refractivity contribution is 6.04. The zero-order valence-corrected chi connectivity index (χ0v) is 13.9. The predicted octanol–water partition coefficient (Wildman–Crippen LogP) is 1.95. The molecule has 1 saturated heterocycles. The summed E-state index contributed by atoms with van der Waals surface area (Å²) in [7, 11) is 0. The number of amides is 1. The van der Waals surface area contributed by atoms with Crippen molar-refractivity contribution in [1.29, 1.82) is 0 Å². The molecule has 4 rings (SSSR count). The number of rotatable bonds is 3. The van der Waals surface area contributed by atoms with Crippen molar-refractivity contribution in [2.45, 2.75) is 38.4 Å². The molecule has 24 heavy (non-hydrogen) atoms. The largest absolute Gasteiger partial charge is 0.392 e. The number of para-hydroxylation sites is 1. The molecule has 1 aliphatic carbocycles. The minimum atomic E-state index is -0.308. The normalized spacial score (nSPS) is 25.8. The Morgan fingerprint density at radius 3 is 2.88 bits per heavy atom. The highest BCUT2D eigenvalue weighted by Crippen LogP contribution is 2.51. The van der Waals surface area contributed by atoms with E-state index in [1.807, 2.05) is 36.1 Å². The molecule has 1 aromatic carbocycles. The van der Waals surface area contributed by atoms with Gasteiger partial charge in [0.1, 0.15) is 0 Å². The highest BCUT2D eigenvalue weighted by atomic mass is 16.5. The molecular formula is C18H23N3O3. The first-order chi connectivity index (χ1) is 11.7. The van der Waals surface area contributed by atoms with E-state index in [9.17, 15) is 9.90 Å². The van der Waals surface area contributed by atoms with E-state index >= 15 is 0 Å². The number of fused-ring (bicyclic) bond motifs is 1. The molecule has 0 radical (unpaired) electrons. The summed E-state index contributed by atoms with van der Waals surface area (Å²) in [6.07, 6.45) is 2.10. The molecule has 2 aliphatic rings. The number of nitrogens with one attached hydrogen (secondary N) is 1. The van der Waals surface area contributed by atoms with Gasteiger partial charge in [-0.15, -0.1) is 0 Å². The number of hydrogen-bond acceptors (Lipinski definition) is 4. The van der Waals surface area contributed by atoms with Crippen molar-refractivity contribution in [2.24, 2.45) is 5.41 Å². The molecule has 2 heterocycles. The number of hydrogen-bond donors (Lipinski definition) is 2. The van der Waals surface area contributed by atoms with Crippen LogP contribution in [0, 0.1) is 5.41 Å². The van der Waals surface area contributed by atoms with Crippen molar-refractivity contribution in [3.05, 3.63) is 30.0 Å². The topological polar surface area (TPSA) is 78.5 Å². The van der Waals surface area contributed by atoms with Crippen LogP contribution in [0.3, 0.4) is 0 Å². The molecule has 2 aromatic rings. The number of aromatic nitrogens is 2. The molecule has 2 atom stereocenters. The summed E-state index contributed by atoms with van der Waals surface area (Å²) >= 11 is 0. The van der Waals surface area contributed by atoms with E-state index in [4.69, 9.17) is 4.74 Å². The van der Waals surface area contributed by atoms with Crippen molar-refractivity contribution in [3.8, 4) is 0 Å². The van der Waals surface area contributed by atoms with Crippen LogP contribution in [0.2, 0.25) is 0 Å². The summed E-state index contributed by atoms with van der Waals surface area (Å²) in [6.45, 7) is 3.93. The summed E-state index contributed by atoms with van der Waals surface area (Å²) < 4.78 is 5.79. The van der Waals surface area contributed by atoms with Gasteiger partial charge in [-0.1, -0.05) is 18.2 Å². The first-order valence-electron chi connectivity index (χ1n) is 8.68. The van der Waals surface area contributed by atoms with Gasteiger partial charge in [-0.25, -0.2) is 0 Å². The number of aliphatic hydroxyl groups excluding tert-OH is 1. The minimum Gasteiger partial charge on any atom is -0.392 e. The van der Waals surface area contributed by atoms with E-state index in [0.29, 0.717) is 31.8 Å². The van der Waals surface area contributed by atoms with Crippen LogP contribution in [0.1, 0.15) is 36.7 Å². The Morgan fingerprint density at radius 1 is 1.42 bits per heavy atom. The number of ether oxygens (including phenoxy) is 1. The first kappa shape index (κ1) is 15.6. The number of nitrogens with zero attached hydrogens (tertiary/aromatic N) is 2. The van der Waals surface area contributed by atoms with Gasteiger partial charge in [-0.2, -0.15) is 5.10 Å². The molecule has 0 bridgehead atoms. The average Bonchev–Trinajstić information content (AvgIpc) is 3.05. The lowest BCUT2D eigenvalue weighted by Crippen LogP contribution is -2.62. The number of aromatic amines is 1. The van der Waals surface area contributed by atoms with Gasteiger partial charge in [-0.3, -0.25) is 9.89 Å². The fraction of sp³-hybridized carbons (Fsp3) is 0.556. The average molecular weight is 329 g/mol. The van der Waals surface area contributed by atoms with Crippen molar-refractivity contribution in [3.63, 3.8) is 0 Å². The number of likely N-dealkylation sites (tertiary alicyclic amines) is 1. The smallest absolute Gasteiger partial charge is 0.274 e. The number of carbonyl (C=O) groups is 1. The maximum absolute atomic E-state index is 12.8. The fourth-order valence-electron chi connectivity index (χ4n) is 4.22. The van der Waals surface area contributed by atoms with E-state index in [1.165, 1.54) is 0 Å². The molecule has 2 fully saturated rings. The van der Waals surface area contributed by atoms with Crippen molar-refractivity contribution >= 4 is 16.8 Å². The fourth-order valence-corrected chi connectivity index (χ4v) is 4.22. The molecule has 1 aliphatic heterocycles. The van der Waals surface area contributed by atoms with Crippen molar-refractivity contribution in [1.82, 2.24) is 15.1 Å². The quantitative estimate of drug-likeness (QED) is 0.902. The molecule has 2 N–H and O–H groups in total. The Bertz CT molecular complexity index is 747. The van der Waals surface area contributed by atoms with Gasteiger partial charge < -0.3 is 14.7 Å². The number of benzene rings is 1. The van der Waals surface area contributed by atoms with E-state index in [1.54, 1.807) is 0 Å². The van der Waals surface area contributed by atoms with Gasteiger partial charge in [0.2, 0.25) is 0 Å². The molecule has 1 saturated carbocycles. The molecule has 1 spiro atoms. The number of piperidine rings is 1. The van der Waals surface area contributed by atoms with Crippen LogP contribution in [-0.2, 0) is 4.74 Å². The molecule has 1 aromatic heterocycles. The third-order valence-electron chi connectivity index (χ3n) is 5.76. The van der Waals surface area contributed by atoms with Crippen LogP contribution in [-0.4, -0.2) is 58.0 Å². The standard InChI is InChI=1S/C18H23N3O3/c1-2-24-15-11-14(22)18(15)7-9-21(10-8-18)17(23)16-12-5-3-4-6-13(12)19-20-16/h3-6,14-15,22H,2,7-11H2,1H3,(H,19,20)/t14-,15+/m0/s1. The van der Waals surface area contributed by atoms with Crippen LogP contribution in [0.25, 0.3) is 10.9 Å². The maximum atomic E-state index is 12.8. The lowest BCUT2D eigenvalue weighted by atomic mass is 9.58. The number of H-pyrrole nitrogens is 1. The summed E-state index contributed by atoms with van der Waals surface area (Å²) in [5, 5.41) is 18.3. The lowest BCUT2D eigenvalue weighted by molar-refractivity contribution is -0.207. The molecule has 6 nitrogen and oxygen atoms in total. The van der Waals surface area contributed by atoms with Gasteiger partial charge >= 0.3 is 0 Å². The molecule has 6 heteroatoms. The lowest BCUT2D eigenvalue weighted by Gasteiger charge is -2.56. The van der Waals surface area contributed by atoms with Gasteiger partial charge in [0.05, 0.1) is 17.7 Å². The summed E-state index contributed by atoms with van der Waals surface area (Å²) in [5.41, 5.74) is 1.19. The van der Waals surface area contributed by atoms with E-state index < -0.39 is 0 Å². The maximum Gasteiger partial charge on any atom is 0.274 e. The Morgan fingerprint density at radius 2 is 2.17 bits per heavy atom. The van der Waals surface area contributed by atoms with E-state index in [2.05, 4.69) is 10.2 Å². The Labute approximate surface area is 140 Å². The number of aliphatic hydroxyl groups is 1. The Balaban J connectivity index is 1.49. The SMILES string of the molecule is CCO[C@@H]1C[C@H](O)C12CCN(C(=O)c1n[nH]c3ccccc13)CC2. The van der Waals surface area contributed by atoms with Gasteiger partial charge in [-0.05, 0) is 25.8 Å². The van der Waals surface area contributed by atoms with Crippen LogP contribution >= 0.6 is 0 Å². The second-order valence-electron chi connectivity index (χ2n) is 6.84. The van der Waals surface area contributed by atoms with Gasteiger partial charge in [0.25, 0.3) is 5.91 Å². The third kappa shape index (κ3) is 2.24. The van der Waals surface area contributed by atoms with Crippen molar-refractivity contribution < 1.29 is 14.6 Å². The Hall–Kier alpha value is -1.92. The van der Waals surface area contributed by atoms with Crippen LogP contribution in [0.15, 0.2) is 24.3 Å². The molecule has 0 unspecified atom stereocenters. The zero-order chi connectivity index (χ0) is 16.7. The first-order valence-corrected chi connectivity index (χ1v) is 8.68. The van der Waals surface area contributed by atoms with Crippen LogP contribution in [0.5, 0.6) is 0 Å². The summed E-state index contributed by atoms with van der Waals surface area (Å²) in [4.78, 5) is 14.7. The third-order valence-corrected chi connectivity index (χ3v) is 5.76. The summed E-state index contributed by atoms with van der Waals surface area (Å²) in [5.74, 6) is -0.0379. The monoisotopic (exact) mass is 329 g/mol. The van der Waals surface area contributed by atoms with E-state index in [-0.39, 0.29) is 23.5 Å². The van der Waals surface area contributed by atoms with Gasteiger partial charge in [0, 0.05) is 36.9 Å².